The van der Waals surface area contributed by atoms with Gasteiger partial charge in [0.25, 0.3) is 0 Å². The highest BCUT2D eigenvalue weighted by molar-refractivity contribution is 5.86. The summed E-state index contributed by atoms with van der Waals surface area (Å²) in [6.07, 6.45) is 1.59. The highest BCUT2D eigenvalue weighted by atomic mass is 16.5. The molecule has 1 unspecified atom stereocenters. The van der Waals surface area contributed by atoms with Gasteiger partial charge in [-0.05, 0) is 50.8 Å². The van der Waals surface area contributed by atoms with Crippen LogP contribution in [0.5, 0.6) is 5.75 Å². The van der Waals surface area contributed by atoms with Crippen molar-refractivity contribution < 1.29 is 24.2 Å². The highest BCUT2D eigenvalue weighted by Gasteiger charge is 2.34. The molecular weight excluding hydrogens is 310 g/mol. The van der Waals surface area contributed by atoms with Crippen LogP contribution in [0.2, 0.25) is 0 Å². The molecule has 6 heteroatoms. The minimum atomic E-state index is -1.40. The molecule has 1 rings (SSSR count). The van der Waals surface area contributed by atoms with Gasteiger partial charge in [-0.15, -0.1) is 0 Å². The minimum Gasteiger partial charge on any atom is -0.493 e. The number of aliphatic carboxylic acids is 1. The molecule has 24 heavy (non-hydrogen) atoms. The van der Waals surface area contributed by atoms with E-state index in [0.717, 1.165) is 23.3 Å². The lowest BCUT2D eigenvalue weighted by molar-refractivity contribution is -0.149. The Morgan fingerprint density at radius 3 is 2.58 bits per heavy atom. The number of unbranched alkanes of at least 4 members (excludes halogenated alkanes) is 1. The predicted molar refractivity (Wildman–Crippen MR) is 91.3 cm³/mol. The van der Waals surface area contributed by atoms with Gasteiger partial charge in [0.05, 0.1) is 13.2 Å². The third kappa shape index (κ3) is 6.20. The van der Waals surface area contributed by atoms with E-state index in [0.29, 0.717) is 13.0 Å². The van der Waals surface area contributed by atoms with Crippen LogP contribution >= 0.6 is 0 Å². The van der Waals surface area contributed by atoms with E-state index in [1.807, 2.05) is 32.0 Å². The monoisotopic (exact) mass is 337 g/mol. The summed E-state index contributed by atoms with van der Waals surface area (Å²) < 4.78 is 10.6. The van der Waals surface area contributed by atoms with Crippen LogP contribution in [0.4, 0.5) is 0 Å². The number of benzene rings is 1. The topological polar surface area (TPSA) is 84.9 Å². The van der Waals surface area contributed by atoms with Crippen molar-refractivity contribution in [2.75, 3.05) is 20.3 Å². The molecular formula is C18H27NO5. The highest BCUT2D eigenvalue weighted by Crippen LogP contribution is 2.19. The molecule has 0 saturated carbocycles. The average molecular weight is 337 g/mol. The summed E-state index contributed by atoms with van der Waals surface area (Å²) in [5.74, 6) is -0.558. The van der Waals surface area contributed by atoms with Crippen LogP contribution in [0.15, 0.2) is 18.2 Å². The quantitative estimate of drug-likeness (QED) is 0.641. The fourth-order valence-electron chi connectivity index (χ4n) is 2.24. The first-order valence-electron chi connectivity index (χ1n) is 8.02. The predicted octanol–water partition coefficient (Wildman–Crippen LogP) is 2.46. The van der Waals surface area contributed by atoms with Crippen molar-refractivity contribution in [3.63, 3.8) is 0 Å². The van der Waals surface area contributed by atoms with Gasteiger partial charge in [-0.1, -0.05) is 12.1 Å². The van der Waals surface area contributed by atoms with Gasteiger partial charge in [0, 0.05) is 13.5 Å². The molecule has 1 atom stereocenters. The van der Waals surface area contributed by atoms with E-state index in [1.165, 1.54) is 14.0 Å². The van der Waals surface area contributed by atoms with Gasteiger partial charge >= 0.3 is 5.97 Å². The number of carbonyl (C=O) groups excluding carboxylic acids is 1. The SMILES string of the molecule is COCC(C)(NC(=O)CCCCOc1cc(C)ccc1C)C(=O)O. The second kappa shape index (κ2) is 9.27. The normalized spacial score (nSPS) is 13.2. The third-order valence-corrected chi connectivity index (χ3v) is 3.72. The number of aryl methyl sites for hydroxylation is 2. The molecule has 0 saturated heterocycles. The van der Waals surface area contributed by atoms with E-state index in [4.69, 9.17) is 9.47 Å². The maximum Gasteiger partial charge on any atom is 0.331 e. The molecule has 1 aromatic carbocycles. The molecule has 134 valence electrons. The number of hydrogen-bond acceptors (Lipinski definition) is 4. The molecule has 0 aliphatic heterocycles. The van der Waals surface area contributed by atoms with E-state index in [9.17, 15) is 14.7 Å². The number of carbonyl (C=O) groups is 2. The maximum atomic E-state index is 11.9. The van der Waals surface area contributed by atoms with E-state index in [2.05, 4.69) is 5.32 Å². The van der Waals surface area contributed by atoms with Gasteiger partial charge < -0.3 is 19.9 Å². The first-order valence-corrected chi connectivity index (χ1v) is 8.02. The van der Waals surface area contributed by atoms with Crippen LogP contribution in [0.3, 0.4) is 0 Å². The molecule has 2 N–H and O–H groups in total. The molecule has 0 spiro atoms. The zero-order chi connectivity index (χ0) is 18.2. The Balaban J connectivity index is 2.33. The van der Waals surface area contributed by atoms with Crippen LogP contribution in [0, 0.1) is 13.8 Å². The van der Waals surface area contributed by atoms with Crippen molar-refractivity contribution in [1.29, 1.82) is 0 Å². The Morgan fingerprint density at radius 1 is 1.25 bits per heavy atom. The molecule has 0 heterocycles. The molecule has 0 aliphatic rings. The fourth-order valence-corrected chi connectivity index (χ4v) is 2.24. The summed E-state index contributed by atoms with van der Waals surface area (Å²) in [5.41, 5.74) is 0.817. The second-order valence-corrected chi connectivity index (χ2v) is 6.19. The summed E-state index contributed by atoms with van der Waals surface area (Å²) in [7, 11) is 1.40. The first-order chi connectivity index (χ1) is 11.3. The number of ether oxygens (including phenoxy) is 2. The van der Waals surface area contributed by atoms with Crippen LogP contribution < -0.4 is 10.1 Å². The lowest BCUT2D eigenvalue weighted by atomic mass is 10.0. The first kappa shape index (κ1) is 20.0. The molecule has 0 radical (unpaired) electrons. The number of nitrogens with one attached hydrogen (secondary N) is 1. The van der Waals surface area contributed by atoms with E-state index in [1.54, 1.807) is 0 Å². The Morgan fingerprint density at radius 2 is 1.96 bits per heavy atom. The Labute approximate surface area is 143 Å². The van der Waals surface area contributed by atoms with E-state index in [-0.39, 0.29) is 18.9 Å². The number of carboxylic acids is 1. The van der Waals surface area contributed by atoms with Crippen molar-refractivity contribution in [2.24, 2.45) is 0 Å². The zero-order valence-electron chi connectivity index (χ0n) is 14.8. The molecule has 6 nitrogen and oxygen atoms in total. The number of methoxy groups -OCH3 is 1. The average Bonchev–Trinajstić information content (AvgIpc) is 2.50. The Kier molecular flexibility index (Phi) is 7.71. The van der Waals surface area contributed by atoms with Gasteiger partial charge in [-0.2, -0.15) is 0 Å². The summed E-state index contributed by atoms with van der Waals surface area (Å²) in [6.45, 7) is 5.87. The van der Waals surface area contributed by atoms with Crippen LogP contribution in [0.25, 0.3) is 0 Å². The molecule has 0 fully saturated rings. The molecule has 1 amide bonds. The van der Waals surface area contributed by atoms with Gasteiger partial charge in [0.2, 0.25) is 5.91 Å². The fraction of sp³-hybridized carbons (Fsp3) is 0.556. The van der Waals surface area contributed by atoms with Crippen LogP contribution in [0.1, 0.15) is 37.3 Å². The molecule has 0 aliphatic carbocycles. The number of rotatable bonds is 10. The minimum absolute atomic E-state index is 0.0795. The largest absolute Gasteiger partial charge is 0.493 e. The van der Waals surface area contributed by atoms with Crippen molar-refractivity contribution >= 4 is 11.9 Å². The van der Waals surface area contributed by atoms with Crippen LogP contribution in [-0.2, 0) is 14.3 Å². The number of hydrogen-bond donors (Lipinski definition) is 2. The van der Waals surface area contributed by atoms with Gasteiger partial charge in [-0.3, -0.25) is 4.79 Å². The molecule has 0 bridgehead atoms. The Bertz CT molecular complexity index is 573. The van der Waals surface area contributed by atoms with Gasteiger partial charge in [-0.25, -0.2) is 4.79 Å². The summed E-state index contributed by atoms with van der Waals surface area (Å²) in [4.78, 5) is 23.1. The maximum absolute atomic E-state index is 11.9. The number of amides is 1. The van der Waals surface area contributed by atoms with Crippen molar-refractivity contribution in [3.05, 3.63) is 29.3 Å². The van der Waals surface area contributed by atoms with E-state index >= 15 is 0 Å². The third-order valence-electron chi connectivity index (χ3n) is 3.72. The number of carboxylic acid groups (broad SMARTS) is 1. The van der Waals surface area contributed by atoms with Crippen molar-refractivity contribution in [2.45, 2.75) is 45.6 Å². The zero-order valence-corrected chi connectivity index (χ0v) is 14.8. The van der Waals surface area contributed by atoms with E-state index < -0.39 is 11.5 Å². The summed E-state index contributed by atoms with van der Waals surface area (Å²) >= 11 is 0. The van der Waals surface area contributed by atoms with Gasteiger partial charge in [0.15, 0.2) is 5.54 Å². The van der Waals surface area contributed by atoms with Crippen molar-refractivity contribution in [3.8, 4) is 5.75 Å². The lowest BCUT2D eigenvalue weighted by Crippen LogP contribution is -2.55. The second-order valence-electron chi connectivity index (χ2n) is 6.19. The Hall–Kier alpha value is -2.08. The lowest BCUT2D eigenvalue weighted by Gasteiger charge is -2.25. The standard InChI is InChI=1S/C18H27NO5/c1-13-8-9-14(2)15(11-13)24-10-6-5-7-16(20)19-18(3,12-23-4)17(21)22/h8-9,11H,5-7,10,12H2,1-4H3,(H,19,20)(H,21,22). The summed E-state index contributed by atoms with van der Waals surface area (Å²) in [6, 6.07) is 6.04. The molecule has 1 aromatic rings. The van der Waals surface area contributed by atoms with Crippen molar-refractivity contribution in [1.82, 2.24) is 5.32 Å². The van der Waals surface area contributed by atoms with Gasteiger partial charge in [0.1, 0.15) is 5.75 Å². The smallest absolute Gasteiger partial charge is 0.331 e. The van der Waals surface area contributed by atoms with Crippen LogP contribution in [-0.4, -0.2) is 42.8 Å². The molecule has 0 aromatic heterocycles. The summed E-state index contributed by atoms with van der Waals surface area (Å²) in [5, 5.41) is 11.7.